The van der Waals surface area contributed by atoms with Gasteiger partial charge in [0, 0.05) is 28.7 Å². The van der Waals surface area contributed by atoms with E-state index in [0.29, 0.717) is 15.7 Å². The van der Waals surface area contributed by atoms with Crippen LogP contribution in [0.4, 0.5) is 14.5 Å². The van der Waals surface area contributed by atoms with E-state index in [1.165, 1.54) is 36.4 Å². The summed E-state index contributed by atoms with van der Waals surface area (Å²) in [6.07, 6.45) is 0.262. The molecule has 0 heterocycles. The topological polar surface area (TPSA) is 87.7 Å². The molecule has 2 rings (SSSR count). The van der Waals surface area contributed by atoms with E-state index in [1.54, 1.807) is 6.92 Å². The van der Waals surface area contributed by atoms with Crippen molar-refractivity contribution in [1.29, 1.82) is 0 Å². The fourth-order valence-electron chi connectivity index (χ4n) is 2.21. The number of halogens is 3. The average molecular weight is 443 g/mol. The lowest BCUT2D eigenvalue weighted by Crippen LogP contribution is -2.23. The van der Waals surface area contributed by atoms with Crippen LogP contribution in [0.2, 0.25) is 0 Å². The summed E-state index contributed by atoms with van der Waals surface area (Å²) < 4.78 is 30.1. The van der Waals surface area contributed by atoms with Gasteiger partial charge >= 0.3 is 6.61 Å². The number of hydrogen-bond acceptors (Lipinski definition) is 4. The second kappa shape index (κ2) is 9.31. The van der Waals surface area contributed by atoms with E-state index in [1.807, 2.05) is 0 Å². The first kappa shape index (κ1) is 20.6. The number of nitrogens with one attached hydrogen (secondary N) is 2. The molecule has 2 aromatic rings. The van der Waals surface area contributed by atoms with Crippen molar-refractivity contribution in [2.75, 3.05) is 5.32 Å². The average Bonchev–Trinajstić information content (AvgIpc) is 2.62. The first-order chi connectivity index (χ1) is 12.8. The van der Waals surface area contributed by atoms with E-state index in [2.05, 4.69) is 31.3 Å². The Morgan fingerprint density at radius 3 is 2.63 bits per heavy atom. The molecule has 0 aliphatic carbocycles. The predicted molar refractivity (Wildman–Crippen MR) is 99.0 cm³/mol. The zero-order valence-electron chi connectivity index (χ0n) is 14.3. The molecule has 0 bridgehead atoms. The summed E-state index contributed by atoms with van der Waals surface area (Å²) in [4.78, 5) is 23.8. The zero-order chi connectivity index (χ0) is 20.0. The second-order valence-corrected chi connectivity index (χ2v) is 6.36. The summed E-state index contributed by atoms with van der Waals surface area (Å²) in [6, 6.07) is 8.50. The van der Waals surface area contributed by atoms with Crippen LogP contribution in [-0.2, 0) is 11.3 Å². The lowest BCUT2D eigenvalue weighted by Gasteiger charge is -2.13. The number of amides is 2. The van der Waals surface area contributed by atoms with Gasteiger partial charge in [0.15, 0.2) is 0 Å². The van der Waals surface area contributed by atoms with Crippen LogP contribution in [0.5, 0.6) is 11.5 Å². The molecular weight excluding hydrogens is 426 g/mol. The number of carbonyl (C=O) groups is 2. The summed E-state index contributed by atoms with van der Waals surface area (Å²) in [6.45, 7) is -1.42. The highest BCUT2D eigenvalue weighted by atomic mass is 79.9. The summed E-state index contributed by atoms with van der Waals surface area (Å²) in [5, 5.41) is 15.0. The lowest BCUT2D eigenvalue weighted by atomic mass is 10.1. The molecule has 0 fully saturated rings. The summed E-state index contributed by atoms with van der Waals surface area (Å²) in [5.41, 5.74) is 0.622. The standard InChI is InChI=1S/C18H17BrF2N2O4/c1-2-16(25)23-12-4-5-14(24)13(8-12)17(26)22-9-10-7-11(19)3-6-15(10)27-18(20)21/h3-8,18,24H,2,9H2,1H3,(H,22,26)(H,23,25). The second-order valence-electron chi connectivity index (χ2n) is 5.45. The van der Waals surface area contributed by atoms with Gasteiger partial charge in [0.05, 0.1) is 5.56 Å². The fourth-order valence-corrected chi connectivity index (χ4v) is 2.62. The molecule has 0 aromatic heterocycles. The van der Waals surface area contributed by atoms with Gasteiger partial charge in [-0.3, -0.25) is 9.59 Å². The molecular formula is C18H17BrF2N2O4. The highest BCUT2D eigenvalue weighted by Gasteiger charge is 2.15. The SMILES string of the molecule is CCC(=O)Nc1ccc(O)c(C(=O)NCc2cc(Br)ccc2OC(F)F)c1. The van der Waals surface area contributed by atoms with Crippen molar-refractivity contribution in [3.05, 3.63) is 52.0 Å². The summed E-state index contributed by atoms with van der Waals surface area (Å²) in [5.74, 6) is -1.22. The highest BCUT2D eigenvalue weighted by molar-refractivity contribution is 9.10. The van der Waals surface area contributed by atoms with Crippen molar-refractivity contribution in [2.24, 2.45) is 0 Å². The summed E-state index contributed by atoms with van der Waals surface area (Å²) >= 11 is 3.23. The molecule has 9 heteroatoms. The third kappa shape index (κ3) is 5.92. The number of hydrogen-bond donors (Lipinski definition) is 3. The molecule has 0 saturated heterocycles. The molecule has 3 N–H and O–H groups in total. The van der Waals surface area contributed by atoms with Crippen molar-refractivity contribution in [2.45, 2.75) is 26.5 Å². The van der Waals surface area contributed by atoms with Gasteiger partial charge in [-0.2, -0.15) is 8.78 Å². The van der Waals surface area contributed by atoms with Crippen molar-refractivity contribution < 1.29 is 28.2 Å². The van der Waals surface area contributed by atoms with Crippen LogP contribution in [0, 0.1) is 0 Å². The molecule has 2 amide bonds. The third-order valence-corrected chi connectivity index (χ3v) is 4.02. The number of anilines is 1. The Labute approximate surface area is 162 Å². The van der Waals surface area contributed by atoms with Gasteiger partial charge in [-0.15, -0.1) is 0 Å². The van der Waals surface area contributed by atoms with E-state index in [4.69, 9.17) is 0 Å². The Morgan fingerprint density at radius 2 is 1.96 bits per heavy atom. The number of ether oxygens (including phenoxy) is 1. The van der Waals surface area contributed by atoms with Crippen LogP contribution in [0.15, 0.2) is 40.9 Å². The Morgan fingerprint density at radius 1 is 1.22 bits per heavy atom. The van der Waals surface area contributed by atoms with Gasteiger partial charge in [-0.25, -0.2) is 0 Å². The number of phenolic OH excluding ortho intramolecular Hbond substituents is 1. The Hall–Kier alpha value is -2.68. The largest absolute Gasteiger partial charge is 0.507 e. The first-order valence-corrected chi connectivity index (χ1v) is 8.73. The molecule has 27 heavy (non-hydrogen) atoms. The van der Waals surface area contributed by atoms with Crippen molar-refractivity contribution >= 4 is 33.4 Å². The minimum Gasteiger partial charge on any atom is -0.507 e. The Bertz CT molecular complexity index is 846. The minimum atomic E-state index is -3.00. The number of rotatable bonds is 7. The van der Waals surface area contributed by atoms with Crippen LogP contribution in [-0.4, -0.2) is 23.5 Å². The zero-order valence-corrected chi connectivity index (χ0v) is 15.8. The monoisotopic (exact) mass is 442 g/mol. The van der Waals surface area contributed by atoms with Crippen molar-refractivity contribution in [3.8, 4) is 11.5 Å². The van der Waals surface area contributed by atoms with E-state index >= 15 is 0 Å². The van der Waals surface area contributed by atoms with E-state index < -0.39 is 12.5 Å². The van der Waals surface area contributed by atoms with Gasteiger partial charge in [0.25, 0.3) is 5.91 Å². The molecule has 6 nitrogen and oxygen atoms in total. The molecule has 0 radical (unpaired) electrons. The van der Waals surface area contributed by atoms with Gasteiger partial charge in [0.2, 0.25) is 5.91 Å². The van der Waals surface area contributed by atoms with Crippen LogP contribution in [0.1, 0.15) is 29.3 Å². The predicted octanol–water partition coefficient (Wildman–Crippen LogP) is 4.03. The van der Waals surface area contributed by atoms with E-state index in [-0.39, 0.29) is 35.9 Å². The summed E-state index contributed by atoms with van der Waals surface area (Å²) in [7, 11) is 0. The number of benzene rings is 2. The maximum atomic E-state index is 12.5. The Balaban J connectivity index is 2.15. The van der Waals surface area contributed by atoms with Crippen LogP contribution >= 0.6 is 15.9 Å². The van der Waals surface area contributed by atoms with Crippen LogP contribution < -0.4 is 15.4 Å². The molecule has 144 valence electrons. The molecule has 0 aliphatic heterocycles. The number of alkyl halides is 2. The van der Waals surface area contributed by atoms with Gasteiger partial charge < -0.3 is 20.5 Å². The quantitative estimate of drug-likeness (QED) is 0.564. The molecule has 0 saturated carbocycles. The molecule has 0 aliphatic rings. The maximum absolute atomic E-state index is 12.5. The van der Waals surface area contributed by atoms with Gasteiger partial charge in [0.1, 0.15) is 11.5 Å². The lowest BCUT2D eigenvalue weighted by molar-refractivity contribution is -0.115. The highest BCUT2D eigenvalue weighted by Crippen LogP contribution is 2.26. The van der Waals surface area contributed by atoms with Gasteiger partial charge in [-0.1, -0.05) is 22.9 Å². The number of phenols is 1. The van der Waals surface area contributed by atoms with Crippen LogP contribution in [0.25, 0.3) is 0 Å². The number of carbonyl (C=O) groups excluding carboxylic acids is 2. The molecule has 2 aromatic carbocycles. The first-order valence-electron chi connectivity index (χ1n) is 7.94. The van der Waals surface area contributed by atoms with Gasteiger partial charge in [-0.05, 0) is 36.4 Å². The van der Waals surface area contributed by atoms with E-state index in [9.17, 15) is 23.5 Å². The fraction of sp³-hybridized carbons (Fsp3) is 0.222. The number of aromatic hydroxyl groups is 1. The van der Waals surface area contributed by atoms with Crippen LogP contribution in [0.3, 0.4) is 0 Å². The smallest absolute Gasteiger partial charge is 0.387 e. The third-order valence-electron chi connectivity index (χ3n) is 3.52. The van der Waals surface area contributed by atoms with Crippen molar-refractivity contribution in [1.82, 2.24) is 5.32 Å². The van der Waals surface area contributed by atoms with E-state index in [0.717, 1.165) is 0 Å². The minimum absolute atomic E-state index is 0.0600. The maximum Gasteiger partial charge on any atom is 0.387 e. The molecule has 0 spiro atoms. The molecule has 0 atom stereocenters. The molecule has 0 unspecified atom stereocenters. The normalized spacial score (nSPS) is 10.6. The van der Waals surface area contributed by atoms with Crippen molar-refractivity contribution in [3.63, 3.8) is 0 Å². The Kier molecular flexibility index (Phi) is 7.12.